The third-order valence-electron chi connectivity index (χ3n) is 1.90. The van der Waals surface area contributed by atoms with Crippen LogP contribution in [0.5, 0.6) is 0 Å². The Kier molecular flexibility index (Phi) is 5.66. The molecule has 1 rings (SSSR count). The molecule has 13 heavy (non-hydrogen) atoms. The predicted octanol–water partition coefficient (Wildman–Crippen LogP) is 0.602. The lowest BCUT2D eigenvalue weighted by Crippen LogP contribution is -2.59. The van der Waals surface area contributed by atoms with Crippen LogP contribution in [0.2, 0.25) is 0 Å². The number of carboxylic acids is 1. The van der Waals surface area contributed by atoms with E-state index in [0.29, 0.717) is 0 Å². The molecule has 0 amide bonds. The van der Waals surface area contributed by atoms with Crippen molar-refractivity contribution >= 4 is 5.97 Å². The normalized spacial score (nSPS) is 18.1. The number of aliphatic carboxylic acids is 1. The molecular formula is C9H19NO3. The van der Waals surface area contributed by atoms with Crippen LogP contribution in [-0.2, 0) is 4.79 Å². The van der Waals surface area contributed by atoms with Crippen molar-refractivity contribution in [1.29, 1.82) is 0 Å². The molecule has 0 aromatic rings. The van der Waals surface area contributed by atoms with Crippen molar-refractivity contribution in [3.63, 3.8) is 0 Å². The number of hydrogen-bond donors (Lipinski definition) is 3. The maximum absolute atomic E-state index is 9.48. The van der Waals surface area contributed by atoms with Crippen LogP contribution in [0.3, 0.4) is 0 Å². The number of β-amino-alcohol motifs (C(OH)–C–C–N with tert-alkyl or cyclic N) is 1. The van der Waals surface area contributed by atoms with Gasteiger partial charge in [0.15, 0.2) is 0 Å². The molecule has 0 atom stereocenters. The number of aliphatic hydroxyl groups is 1. The van der Waals surface area contributed by atoms with E-state index in [1.807, 2.05) is 0 Å². The second kappa shape index (κ2) is 5.94. The minimum absolute atomic E-state index is 0.337. The van der Waals surface area contributed by atoms with Gasteiger partial charge >= 0.3 is 0 Å². The van der Waals surface area contributed by atoms with Crippen LogP contribution in [-0.4, -0.2) is 34.9 Å². The van der Waals surface area contributed by atoms with Crippen LogP contribution in [0.4, 0.5) is 0 Å². The summed E-state index contributed by atoms with van der Waals surface area (Å²) in [5, 5.41) is 20.0. The second-order valence-electron chi connectivity index (χ2n) is 3.45. The highest BCUT2D eigenvalue weighted by atomic mass is 16.4. The average molecular weight is 189 g/mol. The van der Waals surface area contributed by atoms with Crippen molar-refractivity contribution < 1.29 is 15.0 Å². The predicted molar refractivity (Wildman–Crippen MR) is 50.7 cm³/mol. The van der Waals surface area contributed by atoms with Gasteiger partial charge in [0.2, 0.25) is 0 Å². The van der Waals surface area contributed by atoms with E-state index in [2.05, 4.69) is 12.2 Å². The average Bonchev–Trinajstić information content (AvgIpc) is 1.96. The summed E-state index contributed by atoms with van der Waals surface area (Å²) >= 11 is 0. The van der Waals surface area contributed by atoms with Crippen LogP contribution in [0, 0.1) is 0 Å². The van der Waals surface area contributed by atoms with Crippen LogP contribution < -0.4 is 5.32 Å². The first-order chi connectivity index (χ1) is 6.00. The van der Waals surface area contributed by atoms with Gasteiger partial charge in [0.25, 0.3) is 5.97 Å². The summed E-state index contributed by atoms with van der Waals surface area (Å²) in [4.78, 5) is 9.00. The molecule has 1 aliphatic rings. The Bertz CT molecular complexity index is 151. The van der Waals surface area contributed by atoms with Gasteiger partial charge in [0.1, 0.15) is 0 Å². The third kappa shape index (κ3) is 6.54. The summed E-state index contributed by atoms with van der Waals surface area (Å²) in [6.45, 7) is 4.83. The lowest BCUT2D eigenvalue weighted by molar-refractivity contribution is -0.134. The monoisotopic (exact) mass is 189 g/mol. The molecule has 78 valence electrons. The van der Waals surface area contributed by atoms with Crippen molar-refractivity contribution in [2.24, 2.45) is 0 Å². The van der Waals surface area contributed by atoms with E-state index in [9.17, 15) is 5.11 Å². The van der Waals surface area contributed by atoms with Gasteiger partial charge in [-0.15, -0.1) is 0 Å². The Balaban J connectivity index is 0.000000310. The lowest BCUT2D eigenvalue weighted by atomic mass is 9.91. The molecular weight excluding hydrogens is 170 g/mol. The summed E-state index contributed by atoms with van der Waals surface area (Å²) in [5.74, 6) is -0.833. The number of hydrogen-bond acceptors (Lipinski definition) is 3. The molecule has 0 bridgehead atoms. The molecule has 0 saturated carbocycles. The molecule has 0 radical (unpaired) electrons. The van der Waals surface area contributed by atoms with E-state index in [0.717, 1.165) is 32.9 Å². The molecule has 0 aliphatic carbocycles. The van der Waals surface area contributed by atoms with Crippen molar-refractivity contribution in [3.8, 4) is 0 Å². The van der Waals surface area contributed by atoms with Gasteiger partial charge in [-0.05, 0) is 6.42 Å². The smallest absolute Gasteiger partial charge is 0.300 e. The minimum atomic E-state index is -0.833. The largest absolute Gasteiger partial charge is 0.481 e. The molecule has 0 aromatic heterocycles. The Labute approximate surface area is 79.0 Å². The zero-order valence-corrected chi connectivity index (χ0v) is 8.34. The summed E-state index contributed by atoms with van der Waals surface area (Å²) in [6.07, 6.45) is 3.30. The third-order valence-corrected chi connectivity index (χ3v) is 1.90. The quantitative estimate of drug-likeness (QED) is 0.608. The molecule has 4 heteroatoms. The second-order valence-corrected chi connectivity index (χ2v) is 3.45. The highest BCUT2D eigenvalue weighted by Crippen LogP contribution is 2.17. The van der Waals surface area contributed by atoms with Crippen LogP contribution in [0.15, 0.2) is 0 Å². The molecule has 0 unspecified atom stereocenters. The number of unbranched alkanes of at least 4 members (excludes halogenated alkanes) is 1. The summed E-state index contributed by atoms with van der Waals surface area (Å²) < 4.78 is 0. The van der Waals surface area contributed by atoms with Gasteiger partial charge in [-0.3, -0.25) is 4.79 Å². The molecule has 1 saturated heterocycles. The van der Waals surface area contributed by atoms with Gasteiger partial charge in [0, 0.05) is 20.0 Å². The van der Waals surface area contributed by atoms with Crippen molar-refractivity contribution in [2.75, 3.05) is 13.1 Å². The molecule has 0 spiro atoms. The lowest BCUT2D eigenvalue weighted by Gasteiger charge is -2.37. The molecule has 1 heterocycles. The van der Waals surface area contributed by atoms with Crippen molar-refractivity contribution in [1.82, 2.24) is 5.32 Å². The van der Waals surface area contributed by atoms with Gasteiger partial charge < -0.3 is 15.5 Å². The Morgan fingerprint density at radius 3 is 2.23 bits per heavy atom. The fourth-order valence-corrected chi connectivity index (χ4v) is 1.10. The van der Waals surface area contributed by atoms with E-state index >= 15 is 0 Å². The van der Waals surface area contributed by atoms with E-state index in [-0.39, 0.29) is 5.60 Å². The first-order valence-corrected chi connectivity index (χ1v) is 4.63. The van der Waals surface area contributed by atoms with Gasteiger partial charge in [-0.1, -0.05) is 19.8 Å². The zero-order chi connectivity index (χ0) is 10.3. The maximum atomic E-state index is 9.48. The standard InChI is InChI=1S/C7H15NO.C2H4O2/c1-2-3-4-7(9)5-8-6-7;1-2(3)4/h8-9H,2-6H2,1H3;1H3,(H,3,4). The molecule has 4 nitrogen and oxygen atoms in total. The minimum Gasteiger partial charge on any atom is -0.481 e. The molecule has 3 N–H and O–H groups in total. The number of carboxylic acid groups (broad SMARTS) is 1. The van der Waals surface area contributed by atoms with Gasteiger partial charge in [-0.2, -0.15) is 0 Å². The first-order valence-electron chi connectivity index (χ1n) is 4.63. The SMILES string of the molecule is CC(=O)O.CCCCC1(O)CNC1. The van der Waals surface area contributed by atoms with Gasteiger partial charge in [-0.25, -0.2) is 0 Å². The fourth-order valence-electron chi connectivity index (χ4n) is 1.10. The Hall–Kier alpha value is -0.610. The topological polar surface area (TPSA) is 69.6 Å². The number of nitrogens with one attached hydrogen (secondary N) is 1. The zero-order valence-electron chi connectivity index (χ0n) is 8.34. The number of carbonyl (C=O) groups is 1. The maximum Gasteiger partial charge on any atom is 0.300 e. The van der Waals surface area contributed by atoms with E-state index in [1.54, 1.807) is 0 Å². The Morgan fingerprint density at radius 1 is 1.54 bits per heavy atom. The molecule has 1 aliphatic heterocycles. The summed E-state index contributed by atoms with van der Waals surface area (Å²) in [5.41, 5.74) is -0.337. The fraction of sp³-hybridized carbons (Fsp3) is 0.889. The van der Waals surface area contributed by atoms with Crippen molar-refractivity contribution in [2.45, 2.75) is 38.7 Å². The van der Waals surface area contributed by atoms with Crippen LogP contribution >= 0.6 is 0 Å². The van der Waals surface area contributed by atoms with Crippen LogP contribution in [0.25, 0.3) is 0 Å². The summed E-state index contributed by atoms with van der Waals surface area (Å²) in [7, 11) is 0. The van der Waals surface area contributed by atoms with E-state index in [4.69, 9.17) is 9.90 Å². The van der Waals surface area contributed by atoms with Crippen LogP contribution in [0.1, 0.15) is 33.1 Å². The number of rotatable bonds is 3. The highest BCUT2D eigenvalue weighted by Gasteiger charge is 2.32. The first kappa shape index (κ1) is 12.4. The molecule has 1 fully saturated rings. The van der Waals surface area contributed by atoms with Crippen molar-refractivity contribution in [3.05, 3.63) is 0 Å². The Morgan fingerprint density at radius 2 is 2.00 bits per heavy atom. The summed E-state index contributed by atoms with van der Waals surface area (Å²) in [6, 6.07) is 0. The van der Waals surface area contributed by atoms with E-state index < -0.39 is 5.97 Å². The van der Waals surface area contributed by atoms with Gasteiger partial charge in [0.05, 0.1) is 5.60 Å². The van der Waals surface area contributed by atoms with E-state index in [1.165, 1.54) is 6.42 Å². The molecule has 0 aromatic carbocycles. The highest BCUT2D eigenvalue weighted by molar-refractivity contribution is 5.62.